The molecule has 40 heavy (non-hydrogen) atoms. The molecule has 1 fully saturated rings. The molecule has 0 atom stereocenters. The Hall–Kier alpha value is -2.89. The van der Waals surface area contributed by atoms with E-state index in [0.29, 0.717) is 0 Å². The van der Waals surface area contributed by atoms with Crippen molar-refractivity contribution in [2.24, 2.45) is 5.41 Å². The molecule has 6 heteroatoms. The van der Waals surface area contributed by atoms with Crippen molar-refractivity contribution in [2.75, 3.05) is 9.80 Å². The monoisotopic (exact) mass is 570 g/mol. The lowest BCUT2D eigenvalue weighted by atomic mass is 9.83. The number of amides is 2. The molecule has 1 heterocycles. The first-order chi connectivity index (χ1) is 18.2. The molecule has 1 aliphatic carbocycles. The Bertz CT molecular complexity index is 1430. The lowest BCUT2D eigenvalue weighted by Gasteiger charge is -2.53. The van der Waals surface area contributed by atoms with Gasteiger partial charge in [-0.1, -0.05) is 80.6 Å². The van der Waals surface area contributed by atoms with Gasteiger partial charge >= 0.3 is 0 Å². The fourth-order valence-corrected chi connectivity index (χ4v) is 9.45. The number of hydrogen-bond acceptors (Lipinski definition) is 2. The normalized spacial score (nSPS) is 18.4. The van der Waals surface area contributed by atoms with Crippen molar-refractivity contribution in [3.63, 3.8) is 0 Å². The quantitative estimate of drug-likeness (QED) is 0.215. The van der Waals surface area contributed by atoms with Crippen LogP contribution in [0.15, 0.2) is 35.0 Å². The Kier molecular flexibility index (Phi) is 7.01. The van der Waals surface area contributed by atoms with Crippen LogP contribution in [0.1, 0.15) is 47.2 Å². The van der Waals surface area contributed by atoms with Gasteiger partial charge in [0.05, 0.1) is 25.0 Å². The molecule has 1 spiro atoms. The molecule has 2 amide bonds. The van der Waals surface area contributed by atoms with Crippen LogP contribution in [0.2, 0.25) is 39.3 Å². The van der Waals surface area contributed by atoms with Gasteiger partial charge in [-0.2, -0.15) is 0 Å². The van der Waals surface area contributed by atoms with Crippen LogP contribution in [0.3, 0.4) is 0 Å². The summed E-state index contributed by atoms with van der Waals surface area (Å²) in [6.07, 6.45) is 0. The van der Waals surface area contributed by atoms with Crippen LogP contribution < -0.4 is 9.80 Å². The first-order valence-electron chi connectivity index (χ1n) is 14.3. The molecule has 2 aromatic carbocycles. The molecular weight excluding hydrogens is 525 g/mol. The second-order valence-electron chi connectivity index (χ2n) is 14.6. The lowest BCUT2D eigenvalue weighted by Crippen LogP contribution is -2.72. The van der Waals surface area contributed by atoms with E-state index in [1.54, 1.807) is 13.8 Å². The van der Waals surface area contributed by atoms with E-state index in [2.05, 4.69) is 117 Å². The van der Waals surface area contributed by atoms with Gasteiger partial charge in [-0.05, 0) is 82.8 Å². The summed E-state index contributed by atoms with van der Waals surface area (Å²) in [4.78, 5) is 33.5. The Morgan fingerprint density at radius 2 is 1.00 bits per heavy atom. The number of nitrogens with zero attached hydrogens (tertiary/aromatic N) is 2. The average Bonchev–Trinajstić information content (AvgIpc) is 3.44. The van der Waals surface area contributed by atoms with Crippen molar-refractivity contribution >= 4 is 39.3 Å². The van der Waals surface area contributed by atoms with Gasteiger partial charge in [0.1, 0.15) is 13.5 Å². The lowest BCUT2D eigenvalue weighted by molar-refractivity contribution is -0.141. The summed E-state index contributed by atoms with van der Waals surface area (Å²) >= 11 is 0. The van der Waals surface area contributed by atoms with E-state index >= 15 is 0 Å². The van der Waals surface area contributed by atoms with Gasteiger partial charge in [0.25, 0.3) is 0 Å². The predicted molar refractivity (Wildman–Crippen MR) is 174 cm³/mol. The van der Waals surface area contributed by atoms with E-state index in [-0.39, 0.29) is 11.8 Å². The second-order valence-corrected chi connectivity index (χ2v) is 24.3. The highest BCUT2D eigenvalue weighted by molar-refractivity contribution is 6.86. The van der Waals surface area contributed by atoms with Gasteiger partial charge in [-0.15, -0.1) is 5.54 Å². The molecule has 4 nitrogen and oxygen atoms in total. The highest BCUT2D eigenvalue weighted by Gasteiger charge is 2.73. The van der Waals surface area contributed by atoms with Gasteiger partial charge in [-0.25, -0.2) is 0 Å². The van der Waals surface area contributed by atoms with Gasteiger partial charge in [0.15, 0.2) is 5.66 Å². The summed E-state index contributed by atoms with van der Waals surface area (Å²) in [5, 5.41) is 1.18. The van der Waals surface area contributed by atoms with Gasteiger partial charge in [-0.3, -0.25) is 19.4 Å². The van der Waals surface area contributed by atoms with Crippen LogP contribution in [0.5, 0.6) is 0 Å². The largest absolute Gasteiger partial charge is 0.278 e. The maximum atomic E-state index is 14.8. The average molecular weight is 571 g/mol. The minimum atomic E-state index is -2.08. The Morgan fingerprint density at radius 1 is 0.650 bits per heavy atom. The van der Waals surface area contributed by atoms with E-state index in [0.717, 1.165) is 50.3 Å². The van der Waals surface area contributed by atoms with Crippen LogP contribution in [0, 0.1) is 58.4 Å². The SMILES string of the molecule is Cc1cc(C)c(N2C(=O)C(C)(C)C(=O)N(c3c(C)cc(C)cc3C)C23C(C#C[Si](C)(C)C)=C3[Si](C)(C)C)c(C)c1. The molecule has 0 radical (unpaired) electrons. The van der Waals surface area contributed by atoms with Crippen LogP contribution in [-0.4, -0.2) is 33.6 Å². The van der Waals surface area contributed by atoms with Gasteiger partial charge in [0.2, 0.25) is 11.8 Å². The van der Waals surface area contributed by atoms with Crippen LogP contribution in [0.25, 0.3) is 0 Å². The van der Waals surface area contributed by atoms with E-state index < -0.39 is 27.2 Å². The van der Waals surface area contributed by atoms with Crippen molar-refractivity contribution in [2.45, 2.75) is 100 Å². The topological polar surface area (TPSA) is 40.6 Å². The fraction of sp³-hybridized carbons (Fsp3) is 0.471. The summed E-state index contributed by atoms with van der Waals surface area (Å²) in [6.45, 7) is 29.7. The molecule has 1 saturated heterocycles. The van der Waals surface area contributed by atoms with Gasteiger partial charge < -0.3 is 0 Å². The molecular formula is C34H46N2O2Si2. The molecule has 0 aromatic heterocycles. The van der Waals surface area contributed by atoms with Crippen molar-refractivity contribution in [3.05, 3.63) is 68.4 Å². The Balaban J connectivity index is 2.21. The maximum Gasteiger partial charge on any atom is 0.244 e. The first kappa shape index (κ1) is 30.1. The molecule has 0 N–H and O–H groups in total. The summed E-state index contributed by atoms with van der Waals surface area (Å²) in [7, 11) is -3.84. The number of anilines is 2. The summed E-state index contributed by atoms with van der Waals surface area (Å²) in [5.74, 6) is 3.30. The highest BCUT2D eigenvalue weighted by Crippen LogP contribution is 2.62. The molecule has 0 unspecified atom stereocenters. The number of carbonyl (C=O) groups excluding carboxylic acids is 2. The third kappa shape index (κ3) is 4.52. The number of carbonyl (C=O) groups is 2. The number of aryl methyl sites for hydroxylation is 6. The van der Waals surface area contributed by atoms with Crippen molar-refractivity contribution < 1.29 is 9.59 Å². The number of benzene rings is 2. The molecule has 1 aliphatic heterocycles. The summed E-state index contributed by atoms with van der Waals surface area (Å²) in [5.41, 5.74) is 10.5. The van der Waals surface area contributed by atoms with Crippen molar-refractivity contribution in [1.82, 2.24) is 0 Å². The van der Waals surface area contributed by atoms with Crippen LogP contribution >= 0.6 is 0 Å². The zero-order valence-electron chi connectivity index (χ0n) is 27.0. The minimum absolute atomic E-state index is 0.160. The van der Waals surface area contributed by atoms with Crippen molar-refractivity contribution in [3.8, 4) is 11.5 Å². The summed E-state index contributed by atoms with van der Waals surface area (Å²) < 4.78 is 0. The minimum Gasteiger partial charge on any atom is -0.278 e. The standard InChI is InChI=1S/C34H46N2O2Si2/c1-21-17-23(3)28(24(4)18-21)35-31(37)33(7,8)32(38)36(29-25(5)19-22(2)20-26(29)6)34(35)27(15-16-39(9,10)11)30(34)40(12,13)14/h17-20H,1-14H3. The number of rotatable bonds is 3. The smallest absolute Gasteiger partial charge is 0.244 e. The number of hydrogen-bond donors (Lipinski definition) is 0. The molecule has 0 bridgehead atoms. The van der Waals surface area contributed by atoms with E-state index in [9.17, 15) is 9.59 Å². The van der Waals surface area contributed by atoms with E-state index in [1.807, 2.05) is 9.80 Å². The Labute approximate surface area is 243 Å². The third-order valence-corrected chi connectivity index (χ3v) is 11.0. The van der Waals surface area contributed by atoms with Crippen LogP contribution in [0.4, 0.5) is 11.4 Å². The first-order valence-corrected chi connectivity index (χ1v) is 21.3. The third-order valence-electron chi connectivity index (χ3n) is 8.04. The fourth-order valence-electron chi connectivity index (χ4n) is 6.63. The van der Waals surface area contributed by atoms with Crippen molar-refractivity contribution in [1.29, 1.82) is 0 Å². The predicted octanol–water partition coefficient (Wildman–Crippen LogP) is 7.71. The molecule has 212 valence electrons. The molecule has 2 aromatic rings. The zero-order valence-corrected chi connectivity index (χ0v) is 29.0. The Morgan fingerprint density at radius 3 is 1.30 bits per heavy atom. The molecule has 2 aliphatic rings. The van der Waals surface area contributed by atoms with Gasteiger partial charge in [0, 0.05) is 0 Å². The molecule has 4 rings (SSSR count). The second kappa shape index (κ2) is 9.32. The highest BCUT2D eigenvalue weighted by atomic mass is 28.3. The van der Waals surface area contributed by atoms with E-state index in [4.69, 9.17) is 0 Å². The maximum absolute atomic E-state index is 14.8. The molecule has 0 saturated carbocycles. The van der Waals surface area contributed by atoms with E-state index in [1.165, 1.54) is 5.20 Å². The zero-order chi connectivity index (χ0) is 30.3. The van der Waals surface area contributed by atoms with Crippen LogP contribution in [-0.2, 0) is 9.59 Å². The summed E-state index contributed by atoms with van der Waals surface area (Å²) in [6, 6.07) is 8.57.